The summed E-state index contributed by atoms with van der Waals surface area (Å²) in [5, 5.41) is 1.48. The molecule has 0 spiro atoms. The first-order valence-corrected chi connectivity index (χ1v) is 7.15. The van der Waals surface area contributed by atoms with Crippen molar-refractivity contribution >= 4 is 21.9 Å². The first kappa shape index (κ1) is 13.9. The standard InChI is InChI=1S/C19H11F3O/c20-13-5-7-17-14(10-13)19-12(2-1-3-18(19)23-17)8-11-4-6-15(21)16(22)9-11/h1-7,9-10H,8H2. The first-order valence-electron chi connectivity index (χ1n) is 7.15. The van der Waals surface area contributed by atoms with E-state index in [9.17, 15) is 13.2 Å². The molecule has 0 atom stereocenters. The molecule has 23 heavy (non-hydrogen) atoms. The van der Waals surface area contributed by atoms with Gasteiger partial charge in [0.05, 0.1) is 0 Å². The monoisotopic (exact) mass is 312 g/mol. The Balaban J connectivity index is 1.90. The molecule has 0 amide bonds. The quantitative estimate of drug-likeness (QED) is 0.470. The van der Waals surface area contributed by atoms with E-state index in [0.717, 1.165) is 17.0 Å². The van der Waals surface area contributed by atoms with E-state index in [1.807, 2.05) is 18.2 Å². The zero-order chi connectivity index (χ0) is 16.0. The molecule has 0 aliphatic carbocycles. The lowest BCUT2D eigenvalue weighted by Crippen LogP contribution is -1.92. The number of furan rings is 1. The summed E-state index contributed by atoms with van der Waals surface area (Å²) >= 11 is 0. The summed E-state index contributed by atoms with van der Waals surface area (Å²) in [6.07, 6.45) is 0.402. The second-order valence-corrected chi connectivity index (χ2v) is 5.46. The highest BCUT2D eigenvalue weighted by Crippen LogP contribution is 2.33. The van der Waals surface area contributed by atoms with Gasteiger partial charge in [-0.3, -0.25) is 0 Å². The topological polar surface area (TPSA) is 13.1 Å². The van der Waals surface area contributed by atoms with Crippen molar-refractivity contribution in [2.45, 2.75) is 6.42 Å². The maximum Gasteiger partial charge on any atom is 0.159 e. The van der Waals surface area contributed by atoms with Gasteiger partial charge in [0, 0.05) is 10.8 Å². The van der Waals surface area contributed by atoms with Gasteiger partial charge in [-0.2, -0.15) is 0 Å². The SMILES string of the molecule is Fc1ccc2oc3cccc(Cc4ccc(F)c(F)c4)c3c2c1. The van der Waals surface area contributed by atoms with E-state index in [1.54, 1.807) is 12.1 Å². The van der Waals surface area contributed by atoms with Gasteiger partial charge in [-0.05, 0) is 53.9 Å². The van der Waals surface area contributed by atoms with Crippen LogP contribution >= 0.6 is 0 Å². The van der Waals surface area contributed by atoms with E-state index in [-0.39, 0.29) is 5.82 Å². The van der Waals surface area contributed by atoms with Crippen LogP contribution in [-0.4, -0.2) is 0 Å². The molecule has 0 aliphatic heterocycles. The third kappa shape index (κ3) is 2.36. The zero-order valence-corrected chi connectivity index (χ0v) is 11.9. The van der Waals surface area contributed by atoms with E-state index >= 15 is 0 Å². The van der Waals surface area contributed by atoms with E-state index < -0.39 is 11.6 Å². The Morgan fingerprint density at radius 1 is 0.783 bits per heavy atom. The van der Waals surface area contributed by atoms with Gasteiger partial charge in [0.2, 0.25) is 0 Å². The van der Waals surface area contributed by atoms with E-state index in [4.69, 9.17) is 4.42 Å². The van der Waals surface area contributed by atoms with Crippen LogP contribution in [0.5, 0.6) is 0 Å². The summed E-state index contributed by atoms with van der Waals surface area (Å²) in [5.41, 5.74) is 2.75. The molecule has 0 saturated heterocycles. The van der Waals surface area contributed by atoms with Gasteiger partial charge in [0.1, 0.15) is 17.0 Å². The molecule has 114 valence electrons. The molecule has 0 N–H and O–H groups in total. The molecule has 4 aromatic rings. The number of fused-ring (bicyclic) bond motifs is 3. The van der Waals surface area contributed by atoms with E-state index in [0.29, 0.717) is 28.5 Å². The molecule has 0 unspecified atom stereocenters. The van der Waals surface area contributed by atoms with Crippen molar-refractivity contribution in [1.29, 1.82) is 0 Å². The minimum absolute atomic E-state index is 0.345. The van der Waals surface area contributed by atoms with Crippen LogP contribution in [0, 0.1) is 17.5 Å². The molecule has 0 fully saturated rings. The van der Waals surface area contributed by atoms with Crippen LogP contribution in [-0.2, 0) is 6.42 Å². The van der Waals surface area contributed by atoms with Gasteiger partial charge in [0.15, 0.2) is 11.6 Å². The molecule has 0 radical (unpaired) electrons. The van der Waals surface area contributed by atoms with Gasteiger partial charge in [-0.15, -0.1) is 0 Å². The van der Waals surface area contributed by atoms with Crippen LogP contribution in [0.3, 0.4) is 0 Å². The Kier molecular flexibility index (Phi) is 3.11. The lowest BCUT2D eigenvalue weighted by atomic mass is 9.99. The normalized spacial score (nSPS) is 11.4. The van der Waals surface area contributed by atoms with Crippen LogP contribution in [0.15, 0.2) is 59.0 Å². The highest BCUT2D eigenvalue weighted by Gasteiger charge is 2.13. The van der Waals surface area contributed by atoms with Crippen molar-refractivity contribution in [3.05, 3.63) is 83.2 Å². The predicted molar refractivity (Wildman–Crippen MR) is 82.8 cm³/mol. The molecule has 1 aromatic heterocycles. The van der Waals surface area contributed by atoms with Crippen LogP contribution in [0.1, 0.15) is 11.1 Å². The van der Waals surface area contributed by atoms with Gasteiger partial charge in [-0.25, -0.2) is 13.2 Å². The Labute approximate surface area is 130 Å². The molecule has 1 nitrogen and oxygen atoms in total. The third-order valence-electron chi connectivity index (χ3n) is 3.92. The highest BCUT2D eigenvalue weighted by atomic mass is 19.2. The van der Waals surface area contributed by atoms with Crippen molar-refractivity contribution in [2.24, 2.45) is 0 Å². The smallest absolute Gasteiger partial charge is 0.159 e. The first-order chi connectivity index (χ1) is 11.1. The van der Waals surface area contributed by atoms with Crippen molar-refractivity contribution in [1.82, 2.24) is 0 Å². The van der Waals surface area contributed by atoms with E-state index in [2.05, 4.69) is 0 Å². The number of benzene rings is 3. The third-order valence-corrected chi connectivity index (χ3v) is 3.92. The maximum atomic E-state index is 13.6. The van der Waals surface area contributed by atoms with Gasteiger partial charge >= 0.3 is 0 Å². The van der Waals surface area contributed by atoms with Crippen molar-refractivity contribution < 1.29 is 17.6 Å². The van der Waals surface area contributed by atoms with Crippen molar-refractivity contribution in [3.63, 3.8) is 0 Å². The van der Waals surface area contributed by atoms with Crippen LogP contribution in [0.4, 0.5) is 13.2 Å². The molecule has 0 saturated carbocycles. The summed E-state index contributed by atoms with van der Waals surface area (Å²) in [7, 11) is 0. The second-order valence-electron chi connectivity index (χ2n) is 5.46. The lowest BCUT2D eigenvalue weighted by Gasteiger charge is -2.05. The Morgan fingerprint density at radius 3 is 2.48 bits per heavy atom. The molecule has 4 rings (SSSR count). The average molecular weight is 312 g/mol. The predicted octanol–water partition coefficient (Wildman–Crippen LogP) is 5.59. The van der Waals surface area contributed by atoms with Crippen molar-refractivity contribution in [3.8, 4) is 0 Å². The van der Waals surface area contributed by atoms with Crippen LogP contribution < -0.4 is 0 Å². The van der Waals surface area contributed by atoms with Crippen LogP contribution in [0.2, 0.25) is 0 Å². The molecule has 4 heteroatoms. The molecular formula is C19H11F3O. The number of halogens is 3. The summed E-state index contributed by atoms with van der Waals surface area (Å²) in [6.45, 7) is 0. The fraction of sp³-hybridized carbons (Fsp3) is 0.0526. The highest BCUT2D eigenvalue weighted by molar-refractivity contribution is 6.06. The molecule has 3 aromatic carbocycles. The summed E-state index contributed by atoms with van der Waals surface area (Å²) < 4.78 is 45.8. The average Bonchev–Trinajstić information content (AvgIpc) is 2.90. The lowest BCUT2D eigenvalue weighted by molar-refractivity contribution is 0.507. The fourth-order valence-corrected chi connectivity index (χ4v) is 2.89. The van der Waals surface area contributed by atoms with Gasteiger partial charge < -0.3 is 4.42 Å². The molecule has 0 aliphatic rings. The zero-order valence-electron chi connectivity index (χ0n) is 11.9. The Bertz CT molecular complexity index is 1030. The Hall–Kier alpha value is -2.75. The fourth-order valence-electron chi connectivity index (χ4n) is 2.89. The van der Waals surface area contributed by atoms with Crippen molar-refractivity contribution in [2.75, 3.05) is 0 Å². The summed E-state index contributed by atoms with van der Waals surface area (Å²) in [5.74, 6) is -2.09. The van der Waals surface area contributed by atoms with Gasteiger partial charge in [-0.1, -0.05) is 18.2 Å². The van der Waals surface area contributed by atoms with E-state index in [1.165, 1.54) is 18.2 Å². The maximum absolute atomic E-state index is 13.6. The summed E-state index contributed by atoms with van der Waals surface area (Å²) in [4.78, 5) is 0. The van der Waals surface area contributed by atoms with Crippen LogP contribution in [0.25, 0.3) is 21.9 Å². The number of rotatable bonds is 2. The summed E-state index contributed by atoms with van der Waals surface area (Å²) in [6, 6.07) is 13.7. The molecule has 0 bridgehead atoms. The molecular weight excluding hydrogens is 301 g/mol. The molecule has 1 heterocycles. The largest absolute Gasteiger partial charge is 0.456 e. The number of hydrogen-bond donors (Lipinski definition) is 0. The van der Waals surface area contributed by atoms with Gasteiger partial charge in [0.25, 0.3) is 0 Å². The second kappa shape index (κ2) is 5.16. The minimum Gasteiger partial charge on any atom is -0.456 e. The number of hydrogen-bond acceptors (Lipinski definition) is 1. The minimum atomic E-state index is -0.877. The Morgan fingerprint density at radius 2 is 1.65 bits per heavy atom.